The molecule has 1 aromatic carbocycles. The molecule has 2 heterocycles. The number of nitrogens with zero attached hydrogens (tertiary/aromatic N) is 1. The number of aryl methyl sites for hydroxylation is 2. The Hall–Kier alpha value is -1.98. The van der Waals surface area contributed by atoms with Crippen LogP contribution in [0.25, 0.3) is 0 Å². The van der Waals surface area contributed by atoms with Crippen molar-refractivity contribution in [3.8, 4) is 0 Å². The molecule has 0 atom stereocenters. The molecule has 0 aliphatic carbocycles. The van der Waals surface area contributed by atoms with Crippen LogP contribution in [0.5, 0.6) is 0 Å². The van der Waals surface area contributed by atoms with Gasteiger partial charge in [-0.1, -0.05) is 30.3 Å². The lowest BCUT2D eigenvalue weighted by Gasteiger charge is -1.98. The Morgan fingerprint density at radius 2 is 1.95 bits per heavy atom. The summed E-state index contributed by atoms with van der Waals surface area (Å²) >= 11 is 3.04. The first kappa shape index (κ1) is 14.9. The van der Waals surface area contributed by atoms with Crippen molar-refractivity contribution in [3.05, 3.63) is 68.4 Å². The third kappa shape index (κ3) is 3.43. The summed E-state index contributed by atoms with van der Waals surface area (Å²) < 4.78 is 0. The summed E-state index contributed by atoms with van der Waals surface area (Å²) in [5.74, 6) is -0.0817. The highest BCUT2D eigenvalue weighted by Crippen LogP contribution is 2.24. The maximum atomic E-state index is 12.2. The van der Waals surface area contributed by atoms with Gasteiger partial charge < -0.3 is 0 Å². The second kappa shape index (κ2) is 6.42. The molecule has 3 aromatic rings. The van der Waals surface area contributed by atoms with Gasteiger partial charge in [0.15, 0.2) is 5.13 Å². The van der Waals surface area contributed by atoms with Crippen LogP contribution in [0.1, 0.15) is 30.6 Å². The third-order valence-corrected chi connectivity index (χ3v) is 5.45. The number of carbonyl (C=O) groups excluding carboxylic acids is 1. The fraction of sp³-hybridized carbons (Fsp3) is 0.176. The summed E-state index contributed by atoms with van der Waals surface area (Å²) in [6.45, 7) is 4.04. The standard InChI is InChI=1S/C17H16N2OS2/c1-11-8-15(21-12(11)2)16(20)19-17-18-10-14(22-17)9-13-6-4-3-5-7-13/h3-8,10H,9H2,1-2H3,(H,18,19,20). The van der Waals surface area contributed by atoms with Crippen LogP contribution in [0.15, 0.2) is 42.6 Å². The minimum absolute atomic E-state index is 0.0817. The molecule has 0 spiro atoms. The first-order valence-electron chi connectivity index (χ1n) is 6.99. The number of anilines is 1. The molecule has 22 heavy (non-hydrogen) atoms. The van der Waals surface area contributed by atoms with Crippen LogP contribution >= 0.6 is 22.7 Å². The number of rotatable bonds is 4. The van der Waals surface area contributed by atoms with Crippen molar-refractivity contribution in [3.63, 3.8) is 0 Å². The maximum Gasteiger partial charge on any atom is 0.267 e. The van der Waals surface area contributed by atoms with E-state index >= 15 is 0 Å². The van der Waals surface area contributed by atoms with Crippen LogP contribution in [0.2, 0.25) is 0 Å². The van der Waals surface area contributed by atoms with Gasteiger partial charge in [-0.15, -0.1) is 22.7 Å². The molecule has 0 saturated carbocycles. The molecule has 0 bridgehead atoms. The number of thiophene rings is 1. The highest BCUT2D eigenvalue weighted by Gasteiger charge is 2.12. The molecule has 0 radical (unpaired) electrons. The van der Waals surface area contributed by atoms with Crippen molar-refractivity contribution in [2.45, 2.75) is 20.3 Å². The van der Waals surface area contributed by atoms with Crippen molar-refractivity contribution < 1.29 is 4.79 Å². The quantitative estimate of drug-likeness (QED) is 0.756. The summed E-state index contributed by atoms with van der Waals surface area (Å²) in [5, 5.41) is 3.54. The van der Waals surface area contributed by atoms with Gasteiger partial charge in [0.1, 0.15) is 0 Å². The van der Waals surface area contributed by atoms with Gasteiger partial charge in [-0.3, -0.25) is 10.1 Å². The minimum Gasteiger partial charge on any atom is -0.297 e. The van der Waals surface area contributed by atoms with E-state index in [1.54, 1.807) is 0 Å². The van der Waals surface area contributed by atoms with Crippen molar-refractivity contribution in [2.75, 3.05) is 5.32 Å². The number of thiazole rings is 1. The number of amides is 1. The Bertz CT molecular complexity index is 771. The molecule has 0 aliphatic rings. The van der Waals surface area contributed by atoms with Gasteiger partial charge >= 0.3 is 0 Å². The van der Waals surface area contributed by atoms with E-state index in [1.165, 1.54) is 33.1 Å². The fourth-order valence-corrected chi connectivity index (χ4v) is 3.86. The molecule has 0 fully saturated rings. The van der Waals surface area contributed by atoms with Gasteiger partial charge in [0.2, 0.25) is 0 Å². The summed E-state index contributed by atoms with van der Waals surface area (Å²) in [5.41, 5.74) is 2.40. The number of aromatic nitrogens is 1. The summed E-state index contributed by atoms with van der Waals surface area (Å²) in [6.07, 6.45) is 2.67. The van der Waals surface area contributed by atoms with Gasteiger partial charge in [-0.25, -0.2) is 4.98 Å². The van der Waals surface area contributed by atoms with Crippen molar-refractivity contribution >= 4 is 33.7 Å². The molecule has 0 saturated heterocycles. The first-order valence-corrected chi connectivity index (χ1v) is 8.62. The highest BCUT2D eigenvalue weighted by atomic mass is 32.1. The average molecular weight is 328 g/mol. The Morgan fingerprint density at radius 1 is 1.18 bits per heavy atom. The molecule has 0 unspecified atom stereocenters. The Kier molecular flexibility index (Phi) is 4.36. The Labute approximate surface area is 137 Å². The lowest BCUT2D eigenvalue weighted by atomic mass is 10.1. The second-order valence-electron chi connectivity index (χ2n) is 5.10. The van der Waals surface area contributed by atoms with Crippen molar-refractivity contribution in [2.24, 2.45) is 0 Å². The van der Waals surface area contributed by atoms with Crippen molar-refractivity contribution in [1.82, 2.24) is 4.98 Å². The second-order valence-corrected chi connectivity index (χ2v) is 7.47. The van der Waals surface area contributed by atoms with E-state index in [9.17, 15) is 4.79 Å². The predicted octanol–water partition coefficient (Wildman–Crippen LogP) is 4.66. The molecule has 5 heteroatoms. The topological polar surface area (TPSA) is 42.0 Å². The number of benzene rings is 1. The van der Waals surface area contributed by atoms with E-state index in [2.05, 4.69) is 22.4 Å². The molecule has 1 amide bonds. The van der Waals surface area contributed by atoms with E-state index in [1.807, 2.05) is 44.3 Å². The van der Waals surface area contributed by atoms with Crippen LogP contribution in [0.4, 0.5) is 5.13 Å². The molecular weight excluding hydrogens is 312 g/mol. The van der Waals surface area contributed by atoms with E-state index < -0.39 is 0 Å². The molecule has 3 rings (SSSR count). The Morgan fingerprint density at radius 3 is 2.64 bits per heavy atom. The highest BCUT2D eigenvalue weighted by molar-refractivity contribution is 7.16. The molecule has 112 valence electrons. The average Bonchev–Trinajstić information content (AvgIpc) is 3.07. The zero-order chi connectivity index (χ0) is 15.5. The van der Waals surface area contributed by atoms with E-state index in [4.69, 9.17) is 0 Å². The van der Waals surface area contributed by atoms with Crippen LogP contribution < -0.4 is 5.32 Å². The normalized spacial score (nSPS) is 10.6. The third-order valence-electron chi connectivity index (χ3n) is 3.38. The van der Waals surface area contributed by atoms with Gasteiger partial charge in [0.05, 0.1) is 4.88 Å². The van der Waals surface area contributed by atoms with E-state index in [0.29, 0.717) is 5.13 Å². The molecule has 0 aliphatic heterocycles. The number of hydrogen-bond donors (Lipinski definition) is 1. The lowest BCUT2D eigenvalue weighted by Crippen LogP contribution is -2.09. The van der Waals surface area contributed by atoms with Gasteiger partial charge in [-0.2, -0.15) is 0 Å². The van der Waals surface area contributed by atoms with Crippen LogP contribution in [-0.4, -0.2) is 10.9 Å². The monoisotopic (exact) mass is 328 g/mol. The SMILES string of the molecule is Cc1cc(C(=O)Nc2ncc(Cc3ccccc3)s2)sc1C. The van der Waals surface area contributed by atoms with Gasteiger partial charge in [0.25, 0.3) is 5.91 Å². The molecule has 3 nitrogen and oxygen atoms in total. The first-order chi connectivity index (χ1) is 10.6. The fourth-order valence-electron chi connectivity index (χ4n) is 2.09. The predicted molar refractivity (Wildman–Crippen MR) is 93.1 cm³/mol. The lowest BCUT2D eigenvalue weighted by molar-refractivity contribution is 0.103. The van der Waals surface area contributed by atoms with E-state index in [-0.39, 0.29) is 5.91 Å². The zero-order valence-electron chi connectivity index (χ0n) is 12.4. The van der Waals surface area contributed by atoms with Gasteiger partial charge in [0, 0.05) is 22.4 Å². The molecule has 2 aromatic heterocycles. The number of hydrogen-bond acceptors (Lipinski definition) is 4. The molecular formula is C17H16N2OS2. The maximum absolute atomic E-state index is 12.2. The summed E-state index contributed by atoms with van der Waals surface area (Å²) in [7, 11) is 0. The van der Waals surface area contributed by atoms with Crippen LogP contribution in [0, 0.1) is 13.8 Å². The number of nitrogens with one attached hydrogen (secondary N) is 1. The number of carbonyl (C=O) groups is 1. The Balaban J connectivity index is 1.68. The summed E-state index contributed by atoms with van der Waals surface area (Å²) in [4.78, 5) is 19.6. The smallest absolute Gasteiger partial charge is 0.267 e. The van der Waals surface area contributed by atoms with Crippen molar-refractivity contribution in [1.29, 1.82) is 0 Å². The summed E-state index contributed by atoms with van der Waals surface area (Å²) in [6, 6.07) is 12.2. The van der Waals surface area contributed by atoms with E-state index in [0.717, 1.165) is 21.7 Å². The van der Waals surface area contributed by atoms with Gasteiger partial charge in [-0.05, 0) is 31.0 Å². The van der Waals surface area contributed by atoms with Crippen LogP contribution in [0.3, 0.4) is 0 Å². The minimum atomic E-state index is -0.0817. The van der Waals surface area contributed by atoms with Crippen LogP contribution in [-0.2, 0) is 6.42 Å². The zero-order valence-corrected chi connectivity index (χ0v) is 14.1. The largest absolute Gasteiger partial charge is 0.297 e. The molecule has 1 N–H and O–H groups in total.